The van der Waals surface area contributed by atoms with E-state index in [2.05, 4.69) is 44.3 Å². The van der Waals surface area contributed by atoms with Crippen molar-refractivity contribution >= 4 is 41.3 Å². The minimum absolute atomic E-state index is 0. The largest absolute Gasteiger partial charge is 0.356 e. The molecule has 0 amide bonds. The maximum atomic E-state index is 13.2. The molecule has 1 aromatic carbocycles. The summed E-state index contributed by atoms with van der Waals surface area (Å²) in [7, 11) is 5.81. The van der Waals surface area contributed by atoms with Crippen molar-refractivity contribution in [3.63, 3.8) is 0 Å². The molecule has 0 fully saturated rings. The molecule has 0 aliphatic carbocycles. The van der Waals surface area contributed by atoms with E-state index in [9.17, 15) is 4.39 Å². The molecule has 1 heterocycles. The normalized spacial score (nSPS) is 13.8. The molecular formula is C19H28FIN4S. The van der Waals surface area contributed by atoms with Crippen LogP contribution in [0.4, 0.5) is 4.39 Å². The molecule has 0 radical (unpaired) electrons. The van der Waals surface area contributed by atoms with Gasteiger partial charge in [0.2, 0.25) is 0 Å². The van der Waals surface area contributed by atoms with Crippen molar-refractivity contribution in [3.05, 3.63) is 58.0 Å². The molecule has 0 saturated heterocycles. The van der Waals surface area contributed by atoms with Crippen LogP contribution in [-0.2, 0) is 0 Å². The summed E-state index contributed by atoms with van der Waals surface area (Å²) in [5.74, 6) is 0.983. The summed E-state index contributed by atoms with van der Waals surface area (Å²) < 4.78 is 13.2. The summed E-state index contributed by atoms with van der Waals surface area (Å²) in [4.78, 5) is 6.41. The van der Waals surface area contributed by atoms with E-state index < -0.39 is 0 Å². The molecule has 1 aromatic heterocycles. The van der Waals surface area contributed by atoms with E-state index in [0.717, 1.165) is 18.1 Å². The summed E-state index contributed by atoms with van der Waals surface area (Å²) in [5, 5.41) is 11.0. The number of rotatable bonds is 7. The van der Waals surface area contributed by atoms with Gasteiger partial charge in [-0.1, -0.05) is 19.1 Å². The second kappa shape index (κ2) is 11.5. The van der Waals surface area contributed by atoms with Crippen molar-refractivity contribution in [2.45, 2.75) is 18.9 Å². The second-order valence-electron chi connectivity index (χ2n) is 6.32. The number of nitrogens with zero attached hydrogens (tertiary/aromatic N) is 2. The van der Waals surface area contributed by atoms with Crippen LogP contribution in [0.5, 0.6) is 0 Å². The van der Waals surface area contributed by atoms with Gasteiger partial charge in [-0.25, -0.2) is 4.39 Å². The highest BCUT2D eigenvalue weighted by molar-refractivity contribution is 14.0. The lowest BCUT2D eigenvalue weighted by Gasteiger charge is -2.26. The van der Waals surface area contributed by atoms with E-state index in [-0.39, 0.29) is 35.8 Å². The number of hydrogen-bond donors (Lipinski definition) is 2. The van der Waals surface area contributed by atoms with E-state index in [1.807, 2.05) is 26.2 Å². The Balaban J connectivity index is 0.00000338. The van der Waals surface area contributed by atoms with Crippen molar-refractivity contribution in [1.82, 2.24) is 15.5 Å². The lowest BCUT2D eigenvalue weighted by molar-refractivity contribution is 0.298. The predicted molar refractivity (Wildman–Crippen MR) is 120 cm³/mol. The molecule has 2 unspecified atom stereocenters. The van der Waals surface area contributed by atoms with E-state index in [1.165, 1.54) is 17.7 Å². The Morgan fingerprint density at radius 1 is 1.12 bits per heavy atom. The fourth-order valence-corrected chi connectivity index (χ4v) is 3.40. The average Bonchev–Trinajstić information content (AvgIpc) is 3.13. The lowest BCUT2D eigenvalue weighted by atomic mass is 10.1. The molecule has 2 atom stereocenters. The first kappa shape index (κ1) is 22.9. The molecule has 0 saturated carbocycles. The number of aliphatic imine (C=N–C) groups is 1. The molecule has 2 aromatic rings. The minimum Gasteiger partial charge on any atom is -0.356 e. The molecule has 0 bridgehead atoms. The molecule has 0 aliphatic heterocycles. The van der Waals surface area contributed by atoms with Crippen molar-refractivity contribution < 1.29 is 4.39 Å². The highest BCUT2D eigenvalue weighted by Crippen LogP contribution is 2.18. The van der Waals surface area contributed by atoms with E-state index >= 15 is 0 Å². The van der Waals surface area contributed by atoms with Gasteiger partial charge < -0.3 is 15.5 Å². The summed E-state index contributed by atoms with van der Waals surface area (Å²) >= 11 is 1.72. The van der Waals surface area contributed by atoms with Crippen LogP contribution in [0, 0.1) is 5.82 Å². The molecule has 0 spiro atoms. The average molecular weight is 490 g/mol. The summed E-state index contributed by atoms with van der Waals surface area (Å²) in [5.41, 5.74) is 2.41. The Labute approximate surface area is 176 Å². The Hall–Kier alpha value is -1.19. The van der Waals surface area contributed by atoms with Crippen molar-refractivity contribution in [3.8, 4) is 0 Å². The standard InChI is InChI=1S/C19H27FN4S.HI/c1-14(16-9-10-25-13-16)11-22-19(21-2)23-12-18(24(3)4)15-5-7-17(20)8-6-15;/h5-10,13-14,18H,11-12H2,1-4H3,(H2,21,22,23);1H. The van der Waals surface area contributed by atoms with Crippen LogP contribution in [-0.4, -0.2) is 45.1 Å². The molecule has 2 rings (SSSR count). The highest BCUT2D eigenvalue weighted by atomic mass is 127. The van der Waals surface area contributed by atoms with Crippen LogP contribution in [0.15, 0.2) is 46.1 Å². The fraction of sp³-hybridized carbons (Fsp3) is 0.421. The van der Waals surface area contributed by atoms with E-state index in [0.29, 0.717) is 12.5 Å². The quantitative estimate of drug-likeness (QED) is 0.349. The molecule has 26 heavy (non-hydrogen) atoms. The zero-order valence-corrected chi connectivity index (χ0v) is 18.8. The van der Waals surface area contributed by atoms with Crippen molar-refractivity contribution in [1.29, 1.82) is 0 Å². The Morgan fingerprint density at radius 3 is 2.31 bits per heavy atom. The molecule has 0 aliphatic rings. The SMILES string of the molecule is CN=C(NCC(C)c1ccsc1)NCC(c1ccc(F)cc1)N(C)C.I. The fourth-order valence-electron chi connectivity index (χ4n) is 2.62. The highest BCUT2D eigenvalue weighted by Gasteiger charge is 2.15. The number of guanidine groups is 1. The lowest BCUT2D eigenvalue weighted by Crippen LogP contribution is -2.42. The number of thiophene rings is 1. The smallest absolute Gasteiger partial charge is 0.191 e. The first-order valence-corrected chi connectivity index (χ1v) is 9.34. The maximum Gasteiger partial charge on any atom is 0.191 e. The van der Waals surface area contributed by atoms with Gasteiger partial charge in [-0.15, -0.1) is 24.0 Å². The molecule has 7 heteroatoms. The third kappa shape index (κ3) is 6.85. The summed E-state index contributed by atoms with van der Waals surface area (Å²) in [6.07, 6.45) is 0. The molecule has 4 nitrogen and oxygen atoms in total. The van der Waals surface area contributed by atoms with Crippen LogP contribution in [0.25, 0.3) is 0 Å². The van der Waals surface area contributed by atoms with E-state index in [4.69, 9.17) is 0 Å². The van der Waals surface area contributed by atoms with Gasteiger partial charge in [0.15, 0.2) is 5.96 Å². The first-order valence-electron chi connectivity index (χ1n) is 8.39. The van der Waals surface area contributed by atoms with Gasteiger partial charge in [0.05, 0.1) is 6.04 Å². The number of nitrogens with one attached hydrogen (secondary N) is 2. The number of benzene rings is 1. The number of likely N-dealkylation sites (N-methyl/N-ethyl adjacent to an activating group) is 1. The van der Waals surface area contributed by atoms with Crippen LogP contribution < -0.4 is 10.6 Å². The monoisotopic (exact) mass is 490 g/mol. The van der Waals surface area contributed by atoms with Crippen molar-refractivity contribution in [2.24, 2.45) is 4.99 Å². The van der Waals surface area contributed by atoms with Gasteiger partial charge in [-0.2, -0.15) is 11.3 Å². The Bertz CT molecular complexity index is 659. The topological polar surface area (TPSA) is 39.7 Å². The third-order valence-electron chi connectivity index (χ3n) is 4.25. The van der Waals surface area contributed by atoms with E-state index in [1.54, 1.807) is 18.4 Å². The van der Waals surface area contributed by atoms with Gasteiger partial charge in [0.25, 0.3) is 0 Å². The number of hydrogen-bond acceptors (Lipinski definition) is 3. The summed E-state index contributed by atoms with van der Waals surface area (Å²) in [6, 6.07) is 8.95. The number of halogens is 2. The van der Waals surface area contributed by atoms with Gasteiger partial charge >= 0.3 is 0 Å². The Morgan fingerprint density at radius 2 is 1.77 bits per heavy atom. The first-order chi connectivity index (χ1) is 12.0. The maximum absolute atomic E-state index is 13.2. The Kier molecular flexibility index (Phi) is 10.1. The van der Waals surface area contributed by atoms with Gasteiger partial charge in [-0.3, -0.25) is 4.99 Å². The molecule has 144 valence electrons. The molecular weight excluding hydrogens is 462 g/mol. The zero-order valence-electron chi connectivity index (χ0n) is 15.7. The van der Waals surface area contributed by atoms with Crippen LogP contribution in [0.2, 0.25) is 0 Å². The van der Waals surface area contributed by atoms with Crippen molar-refractivity contribution in [2.75, 3.05) is 34.2 Å². The van der Waals surface area contributed by atoms with Gasteiger partial charge in [-0.05, 0) is 60.1 Å². The van der Waals surface area contributed by atoms with Crippen LogP contribution >= 0.6 is 35.3 Å². The van der Waals surface area contributed by atoms with Gasteiger partial charge in [0.1, 0.15) is 5.82 Å². The second-order valence-corrected chi connectivity index (χ2v) is 7.10. The third-order valence-corrected chi connectivity index (χ3v) is 4.95. The summed E-state index contributed by atoms with van der Waals surface area (Å²) in [6.45, 7) is 3.70. The van der Waals surface area contributed by atoms with Crippen LogP contribution in [0.1, 0.15) is 30.0 Å². The minimum atomic E-state index is -0.214. The molecule has 2 N–H and O–H groups in total. The van der Waals surface area contributed by atoms with Gasteiger partial charge in [0, 0.05) is 20.1 Å². The zero-order chi connectivity index (χ0) is 18.2. The van der Waals surface area contributed by atoms with Crippen LogP contribution in [0.3, 0.4) is 0 Å². The predicted octanol–water partition coefficient (Wildman–Crippen LogP) is 4.08.